The van der Waals surface area contributed by atoms with Crippen molar-refractivity contribution in [2.45, 2.75) is 32.4 Å². The first-order valence-electron chi connectivity index (χ1n) is 5.61. The van der Waals surface area contributed by atoms with Gasteiger partial charge in [-0.1, -0.05) is 13.8 Å². The summed E-state index contributed by atoms with van der Waals surface area (Å²) in [6.45, 7) is 3.79. The Morgan fingerprint density at radius 3 is 2.72 bits per heavy atom. The highest BCUT2D eigenvalue weighted by Gasteiger charge is 2.37. The minimum Gasteiger partial charge on any atom is -0.273 e. The molecule has 0 aliphatic carbocycles. The van der Waals surface area contributed by atoms with Crippen molar-refractivity contribution in [2.24, 2.45) is 0 Å². The molecule has 0 spiro atoms. The third-order valence-corrected chi connectivity index (χ3v) is 4.09. The highest BCUT2D eigenvalue weighted by atomic mass is 32.1. The van der Waals surface area contributed by atoms with Crippen LogP contribution in [0.15, 0.2) is 17.6 Å². The first kappa shape index (κ1) is 13.1. The van der Waals surface area contributed by atoms with Gasteiger partial charge in [-0.15, -0.1) is 11.3 Å². The first-order valence-corrected chi connectivity index (χ1v) is 6.49. The van der Waals surface area contributed by atoms with Gasteiger partial charge in [0.2, 0.25) is 0 Å². The molecule has 2 heterocycles. The largest absolute Gasteiger partial charge is 0.433 e. The number of thiophene rings is 1. The predicted octanol–water partition coefficient (Wildman–Crippen LogP) is 4.20. The number of H-pyrrole nitrogens is 1. The number of alkyl halides is 3. The Morgan fingerprint density at radius 2 is 2.17 bits per heavy atom. The van der Waals surface area contributed by atoms with E-state index in [-0.39, 0.29) is 11.5 Å². The molecule has 1 atom stereocenters. The SMILES string of the molecule is CCc1csc(C(C)c2cn[nH]c2C(F)(F)F)c1. The van der Waals surface area contributed by atoms with Crippen molar-refractivity contribution >= 4 is 11.3 Å². The zero-order chi connectivity index (χ0) is 13.3. The zero-order valence-corrected chi connectivity index (χ0v) is 10.8. The maximum absolute atomic E-state index is 12.8. The lowest BCUT2D eigenvalue weighted by atomic mass is 9.99. The second kappa shape index (κ2) is 4.76. The molecule has 2 nitrogen and oxygen atoms in total. The Hall–Kier alpha value is -1.30. The van der Waals surface area contributed by atoms with Gasteiger partial charge in [-0.25, -0.2) is 0 Å². The summed E-state index contributed by atoms with van der Waals surface area (Å²) in [4.78, 5) is 0.929. The molecule has 6 heteroatoms. The van der Waals surface area contributed by atoms with E-state index in [4.69, 9.17) is 0 Å². The third-order valence-electron chi connectivity index (χ3n) is 2.93. The first-order chi connectivity index (χ1) is 8.43. The number of aromatic nitrogens is 2. The molecule has 0 amide bonds. The summed E-state index contributed by atoms with van der Waals surface area (Å²) < 4.78 is 38.3. The maximum Gasteiger partial charge on any atom is 0.433 e. The normalized spacial score (nSPS) is 13.8. The summed E-state index contributed by atoms with van der Waals surface area (Å²) in [5.74, 6) is -0.300. The van der Waals surface area contributed by atoms with Crippen LogP contribution in [0.4, 0.5) is 13.2 Å². The Labute approximate surface area is 107 Å². The predicted molar refractivity (Wildman–Crippen MR) is 64.8 cm³/mol. The van der Waals surface area contributed by atoms with Crippen molar-refractivity contribution in [3.05, 3.63) is 39.3 Å². The van der Waals surface area contributed by atoms with E-state index in [0.717, 1.165) is 16.9 Å². The summed E-state index contributed by atoms with van der Waals surface area (Å²) >= 11 is 1.49. The minimum atomic E-state index is -4.38. The lowest BCUT2D eigenvalue weighted by Crippen LogP contribution is -2.10. The number of rotatable bonds is 3. The van der Waals surface area contributed by atoms with Crippen LogP contribution in [0.25, 0.3) is 0 Å². The van der Waals surface area contributed by atoms with Crippen LogP contribution in [-0.2, 0) is 12.6 Å². The number of nitrogens with one attached hydrogen (secondary N) is 1. The Bertz CT molecular complexity index is 527. The van der Waals surface area contributed by atoms with E-state index in [1.54, 1.807) is 6.92 Å². The van der Waals surface area contributed by atoms with Crippen LogP contribution in [0.3, 0.4) is 0 Å². The molecule has 2 aromatic rings. The zero-order valence-electron chi connectivity index (χ0n) is 10.0. The van der Waals surface area contributed by atoms with Crippen LogP contribution in [0.5, 0.6) is 0 Å². The number of hydrogen-bond acceptors (Lipinski definition) is 2. The van der Waals surface area contributed by atoms with Crippen LogP contribution in [0, 0.1) is 0 Å². The molecule has 1 unspecified atom stereocenters. The fraction of sp³-hybridized carbons (Fsp3) is 0.417. The van der Waals surface area contributed by atoms with Crippen LogP contribution in [0.2, 0.25) is 0 Å². The topological polar surface area (TPSA) is 28.7 Å². The van der Waals surface area contributed by atoms with Crippen molar-refractivity contribution in [1.82, 2.24) is 10.2 Å². The second-order valence-corrected chi connectivity index (χ2v) is 5.07. The quantitative estimate of drug-likeness (QED) is 0.892. The lowest BCUT2D eigenvalue weighted by Gasteiger charge is -2.12. The fourth-order valence-corrected chi connectivity index (χ4v) is 2.88. The number of aryl methyl sites for hydroxylation is 1. The molecule has 0 aliphatic heterocycles. The minimum absolute atomic E-state index is 0.201. The Morgan fingerprint density at radius 1 is 1.44 bits per heavy atom. The van der Waals surface area contributed by atoms with Crippen molar-refractivity contribution in [3.63, 3.8) is 0 Å². The molecule has 0 saturated heterocycles. The van der Waals surface area contributed by atoms with Gasteiger partial charge < -0.3 is 0 Å². The van der Waals surface area contributed by atoms with Gasteiger partial charge in [0.05, 0.1) is 6.20 Å². The molecule has 0 bridgehead atoms. The summed E-state index contributed by atoms with van der Waals surface area (Å²) in [5, 5.41) is 7.55. The lowest BCUT2D eigenvalue weighted by molar-refractivity contribution is -0.141. The second-order valence-electron chi connectivity index (χ2n) is 4.13. The third kappa shape index (κ3) is 2.43. The molecule has 2 aromatic heterocycles. The van der Waals surface area contributed by atoms with Gasteiger partial charge in [-0.3, -0.25) is 5.10 Å². The van der Waals surface area contributed by atoms with Crippen LogP contribution >= 0.6 is 11.3 Å². The average Bonchev–Trinajstić information content (AvgIpc) is 2.96. The molecule has 98 valence electrons. The van der Waals surface area contributed by atoms with Gasteiger partial charge in [-0.05, 0) is 23.4 Å². The van der Waals surface area contributed by atoms with E-state index in [9.17, 15) is 13.2 Å². The van der Waals surface area contributed by atoms with Gasteiger partial charge in [0.1, 0.15) is 5.69 Å². The molecule has 2 rings (SSSR count). The summed E-state index contributed by atoms with van der Waals surface area (Å²) in [7, 11) is 0. The smallest absolute Gasteiger partial charge is 0.273 e. The van der Waals surface area contributed by atoms with Gasteiger partial charge in [0.25, 0.3) is 0 Å². The van der Waals surface area contributed by atoms with Crippen LogP contribution in [-0.4, -0.2) is 10.2 Å². The van der Waals surface area contributed by atoms with Crippen molar-refractivity contribution in [2.75, 3.05) is 0 Å². The monoisotopic (exact) mass is 274 g/mol. The number of hydrogen-bond donors (Lipinski definition) is 1. The van der Waals surface area contributed by atoms with Gasteiger partial charge in [-0.2, -0.15) is 18.3 Å². The highest BCUT2D eigenvalue weighted by molar-refractivity contribution is 7.10. The molecular weight excluding hydrogens is 261 g/mol. The number of halogens is 3. The Kier molecular flexibility index (Phi) is 3.47. The molecule has 0 radical (unpaired) electrons. The van der Waals surface area contributed by atoms with Gasteiger partial charge in [0, 0.05) is 16.4 Å². The standard InChI is InChI=1S/C12H13F3N2S/c1-3-8-4-10(18-6-8)7(2)9-5-16-17-11(9)12(13,14)15/h4-7H,3H2,1-2H3,(H,16,17). The molecule has 0 aromatic carbocycles. The molecule has 18 heavy (non-hydrogen) atoms. The molecular formula is C12H13F3N2S. The van der Waals surface area contributed by atoms with E-state index < -0.39 is 11.9 Å². The molecule has 0 fully saturated rings. The summed E-state index contributed by atoms with van der Waals surface area (Å²) in [6.07, 6.45) is -2.23. The Balaban J connectivity index is 2.34. The van der Waals surface area contributed by atoms with E-state index in [1.807, 2.05) is 23.5 Å². The van der Waals surface area contributed by atoms with E-state index in [1.165, 1.54) is 17.5 Å². The van der Waals surface area contributed by atoms with Crippen LogP contribution in [0.1, 0.15) is 41.5 Å². The number of nitrogens with zero attached hydrogens (tertiary/aromatic N) is 1. The van der Waals surface area contributed by atoms with Gasteiger partial charge >= 0.3 is 6.18 Å². The van der Waals surface area contributed by atoms with Crippen molar-refractivity contribution < 1.29 is 13.2 Å². The van der Waals surface area contributed by atoms with E-state index in [2.05, 4.69) is 5.10 Å². The number of aromatic amines is 1. The average molecular weight is 274 g/mol. The highest BCUT2D eigenvalue weighted by Crippen LogP contribution is 2.37. The summed E-state index contributed by atoms with van der Waals surface area (Å²) in [6, 6.07) is 1.96. The van der Waals surface area contributed by atoms with Crippen LogP contribution < -0.4 is 0 Å². The molecule has 0 aliphatic rings. The molecule has 0 saturated carbocycles. The van der Waals surface area contributed by atoms with Crippen molar-refractivity contribution in [1.29, 1.82) is 0 Å². The van der Waals surface area contributed by atoms with Crippen molar-refractivity contribution in [3.8, 4) is 0 Å². The van der Waals surface area contributed by atoms with E-state index in [0.29, 0.717) is 0 Å². The van der Waals surface area contributed by atoms with Gasteiger partial charge in [0.15, 0.2) is 0 Å². The maximum atomic E-state index is 12.8. The summed E-state index contributed by atoms with van der Waals surface area (Å²) in [5.41, 5.74) is 0.604. The molecule has 1 N–H and O–H groups in total. The fourth-order valence-electron chi connectivity index (χ4n) is 1.81. The van der Waals surface area contributed by atoms with E-state index >= 15 is 0 Å².